The van der Waals surface area contributed by atoms with E-state index >= 15 is 0 Å². The van der Waals surface area contributed by atoms with Crippen molar-refractivity contribution in [1.29, 1.82) is 0 Å². The van der Waals surface area contributed by atoms with Gasteiger partial charge in [-0.15, -0.1) is 0 Å². The highest BCUT2D eigenvalue weighted by Gasteiger charge is 2.11. The summed E-state index contributed by atoms with van der Waals surface area (Å²) < 4.78 is 0. The number of nitrogens with one attached hydrogen (secondary N) is 1. The Morgan fingerprint density at radius 1 is 1.28 bits per heavy atom. The molecule has 1 N–H and O–H groups in total. The van der Waals surface area contributed by atoms with E-state index in [-0.39, 0.29) is 11.1 Å². The minimum atomic E-state index is -0.287. The largest absolute Gasteiger partial charge is 0.306 e. The maximum atomic E-state index is 12.0. The van der Waals surface area contributed by atoms with Crippen molar-refractivity contribution in [2.24, 2.45) is 0 Å². The summed E-state index contributed by atoms with van der Waals surface area (Å²) in [5, 5.41) is 3.45. The summed E-state index contributed by atoms with van der Waals surface area (Å²) in [4.78, 5) is 19.7. The summed E-state index contributed by atoms with van der Waals surface area (Å²) in [6.07, 6.45) is 1.28. The van der Waals surface area contributed by atoms with Gasteiger partial charge in [0.2, 0.25) is 0 Å². The number of hydrogen-bond acceptors (Lipinski definition) is 3. The number of anilines is 1. The monoisotopic (exact) mass is 281 g/mol. The third kappa shape index (κ3) is 2.78. The molecular weight excluding hydrogens is 273 g/mol. The van der Waals surface area contributed by atoms with E-state index in [1.165, 1.54) is 12.4 Å². The van der Waals surface area contributed by atoms with Gasteiger partial charge in [-0.2, -0.15) is 0 Å². The zero-order chi connectivity index (χ0) is 13.1. The van der Waals surface area contributed by atoms with E-state index in [4.69, 9.17) is 23.2 Å². The van der Waals surface area contributed by atoms with Gasteiger partial charge in [-0.05, 0) is 24.6 Å². The first-order valence-electron chi connectivity index (χ1n) is 5.12. The van der Waals surface area contributed by atoms with Crippen LogP contribution in [0.1, 0.15) is 15.9 Å². The Labute approximate surface area is 114 Å². The SMILES string of the molecule is Cc1c(Cl)cccc1C(=O)Nc1cc(Cl)ncn1. The molecule has 0 atom stereocenters. The summed E-state index contributed by atoms with van der Waals surface area (Å²) in [6.45, 7) is 1.78. The molecule has 0 fully saturated rings. The van der Waals surface area contributed by atoms with Crippen molar-refractivity contribution in [2.75, 3.05) is 5.32 Å². The Morgan fingerprint density at radius 2 is 2.06 bits per heavy atom. The van der Waals surface area contributed by atoms with Gasteiger partial charge in [0, 0.05) is 16.7 Å². The van der Waals surface area contributed by atoms with Crippen molar-refractivity contribution in [1.82, 2.24) is 9.97 Å². The maximum absolute atomic E-state index is 12.0. The number of benzene rings is 1. The lowest BCUT2D eigenvalue weighted by Gasteiger charge is -2.07. The molecule has 0 bridgehead atoms. The molecular formula is C12H9Cl2N3O. The second-order valence-corrected chi connectivity index (χ2v) is 4.39. The number of carbonyl (C=O) groups is 1. The van der Waals surface area contributed by atoms with Crippen LogP contribution in [0.4, 0.5) is 5.82 Å². The lowest BCUT2D eigenvalue weighted by Crippen LogP contribution is -2.14. The zero-order valence-corrected chi connectivity index (χ0v) is 11.0. The molecule has 0 aliphatic heterocycles. The van der Waals surface area contributed by atoms with Crippen molar-refractivity contribution in [3.05, 3.63) is 51.9 Å². The molecule has 0 spiro atoms. The van der Waals surface area contributed by atoms with Crippen molar-refractivity contribution < 1.29 is 4.79 Å². The topological polar surface area (TPSA) is 54.9 Å². The van der Waals surface area contributed by atoms with Gasteiger partial charge < -0.3 is 5.32 Å². The van der Waals surface area contributed by atoms with Crippen LogP contribution in [0.3, 0.4) is 0 Å². The van der Waals surface area contributed by atoms with Gasteiger partial charge >= 0.3 is 0 Å². The number of amides is 1. The number of carbonyl (C=O) groups excluding carboxylic acids is 1. The van der Waals surface area contributed by atoms with Gasteiger partial charge in [-0.25, -0.2) is 9.97 Å². The van der Waals surface area contributed by atoms with Crippen LogP contribution in [0.25, 0.3) is 0 Å². The minimum Gasteiger partial charge on any atom is -0.306 e. The molecule has 0 saturated carbocycles. The second-order valence-electron chi connectivity index (χ2n) is 3.59. The van der Waals surface area contributed by atoms with Gasteiger partial charge in [0.05, 0.1) is 0 Å². The Hall–Kier alpha value is -1.65. The van der Waals surface area contributed by atoms with Gasteiger partial charge in [0.1, 0.15) is 17.3 Å². The number of hydrogen-bond donors (Lipinski definition) is 1. The average molecular weight is 282 g/mol. The molecule has 2 aromatic rings. The molecule has 1 amide bonds. The first-order valence-corrected chi connectivity index (χ1v) is 5.87. The van der Waals surface area contributed by atoms with Crippen molar-refractivity contribution in [2.45, 2.75) is 6.92 Å². The Balaban J connectivity index is 2.25. The Kier molecular flexibility index (Phi) is 3.79. The normalized spacial score (nSPS) is 10.2. The Bertz CT molecular complexity index is 602. The molecule has 1 aromatic heterocycles. The Morgan fingerprint density at radius 3 is 2.78 bits per heavy atom. The van der Waals surface area contributed by atoms with Crippen LogP contribution < -0.4 is 5.32 Å². The number of nitrogens with zero attached hydrogens (tertiary/aromatic N) is 2. The predicted molar refractivity (Wildman–Crippen MR) is 71.2 cm³/mol. The van der Waals surface area contributed by atoms with E-state index in [0.29, 0.717) is 16.4 Å². The van der Waals surface area contributed by atoms with E-state index in [1.807, 2.05) is 0 Å². The highest BCUT2D eigenvalue weighted by atomic mass is 35.5. The van der Waals surface area contributed by atoms with Crippen LogP contribution in [-0.2, 0) is 0 Å². The molecule has 18 heavy (non-hydrogen) atoms. The van der Waals surface area contributed by atoms with Gasteiger partial charge in [0.25, 0.3) is 5.91 Å². The average Bonchev–Trinajstić information content (AvgIpc) is 2.32. The summed E-state index contributed by atoms with van der Waals surface area (Å²) in [5.74, 6) is 0.0594. The zero-order valence-electron chi connectivity index (χ0n) is 9.45. The quantitative estimate of drug-likeness (QED) is 0.859. The first kappa shape index (κ1) is 12.8. The predicted octanol–water partition coefficient (Wildman–Crippen LogP) is 3.34. The summed E-state index contributed by atoms with van der Waals surface area (Å²) in [6, 6.07) is 6.62. The van der Waals surface area contributed by atoms with Gasteiger partial charge in [-0.1, -0.05) is 29.3 Å². The van der Waals surface area contributed by atoms with E-state index in [9.17, 15) is 4.79 Å². The molecule has 1 aromatic carbocycles. The van der Waals surface area contributed by atoms with Crippen LogP contribution in [0, 0.1) is 6.92 Å². The van der Waals surface area contributed by atoms with E-state index < -0.39 is 0 Å². The third-order valence-corrected chi connectivity index (χ3v) is 3.00. The number of rotatable bonds is 2. The molecule has 1 heterocycles. The fourth-order valence-electron chi connectivity index (χ4n) is 1.44. The van der Waals surface area contributed by atoms with Crippen LogP contribution >= 0.6 is 23.2 Å². The minimum absolute atomic E-state index is 0.267. The molecule has 4 nitrogen and oxygen atoms in total. The van der Waals surface area contributed by atoms with Crippen LogP contribution in [0.15, 0.2) is 30.6 Å². The number of aromatic nitrogens is 2. The van der Waals surface area contributed by atoms with Crippen LogP contribution in [-0.4, -0.2) is 15.9 Å². The van der Waals surface area contributed by atoms with Crippen molar-refractivity contribution in [3.8, 4) is 0 Å². The highest BCUT2D eigenvalue weighted by Crippen LogP contribution is 2.19. The first-order chi connectivity index (χ1) is 8.58. The molecule has 0 radical (unpaired) electrons. The van der Waals surface area contributed by atoms with Crippen molar-refractivity contribution in [3.63, 3.8) is 0 Å². The number of halogens is 2. The van der Waals surface area contributed by atoms with E-state index in [2.05, 4.69) is 15.3 Å². The summed E-state index contributed by atoms with van der Waals surface area (Å²) in [5.41, 5.74) is 1.22. The third-order valence-electron chi connectivity index (χ3n) is 2.39. The molecule has 2 rings (SSSR count). The summed E-state index contributed by atoms with van der Waals surface area (Å²) in [7, 11) is 0. The summed E-state index contributed by atoms with van der Waals surface area (Å²) >= 11 is 11.7. The molecule has 0 saturated heterocycles. The highest BCUT2D eigenvalue weighted by molar-refractivity contribution is 6.32. The van der Waals surface area contributed by atoms with E-state index in [0.717, 1.165) is 5.56 Å². The van der Waals surface area contributed by atoms with Crippen LogP contribution in [0.2, 0.25) is 10.2 Å². The smallest absolute Gasteiger partial charge is 0.257 e. The lowest BCUT2D eigenvalue weighted by atomic mass is 10.1. The van der Waals surface area contributed by atoms with Crippen molar-refractivity contribution >= 4 is 34.9 Å². The second kappa shape index (κ2) is 5.33. The standard InChI is InChI=1S/C12H9Cl2N3O/c1-7-8(3-2-4-9(7)13)12(18)17-11-5-10(14)15-6-16-11/h2-6H,1H3,(H,15,16,17,18). The van der Waals surface area contributed by atoms with Gasteiger partial charge in [-0.3, -0.25) is 4.79 Å². The molecule has 0 aliphatic rings. The fraction of sp³-hybridized carbons (Fsp3) is 0.0833. The molecule has 92 valence electrons. The lowest BCUT2D eigenvalue weighted by molar-refractivity contribution is 0.102. The fourth-order valence-corrected chi connectivity index (χ4v) is 1.76. The molecule has 0 unspecified atom stereocenters. The van der Waals surface area contributed by atoms with Crippen LogP contribution in [0.5, 0.6) is 0 Å². The maximum Gasteiger partial charge on any atom is 0.257 e. The molecule has 0 aliphatic carbocycles. The van der Waals surface area contributed by atoms with E-state index in [1.54, 1.807) is 25.1 Å². The molecule has 6 heteroatoms. The van der Waals surface area contributed by atoms with Gasteiger partial charge in [0.15, 0.2) is 0 Å².